The van der Waals surface area contributed by atoms with E-state index in [0.29, 0.717) is 17.3 Å². The summed E-state index contributed by atoms with van der Waals surface area (Å²) in [5, 5.41) is 6.27. The Labute approximate surface area is 131 Å². The predicted octanol–water partition coefficient (Wildman–Crippen LogP) is 2.79. The molecular formula is C18H21N3O. The van der Waals surface area contributed by atoms with Gasteiger partial charge in [-0.2, -0.15) is 0 Å². The SMILES string of the molecule is Cc1cccnc1NC(=O)c1cccc(CC2CCNC2)c1. The Morgan fingerprint density at radius 2 is 2.27 bits per heavy atom. The largest absolute Gasteiger partial charge is 0.316 e. The van der Waals surface area contributed by atoms with Crippen LogP contribution in [0.1, 0.15) is 27.9 Å². The van der Waals surface area contributed by atoms with Gasteiger partial charge in [0, 0.05) is 11.8 Å². The van der Waals surface area contributed by atoms with Crippen LogP contribution >= 0.6 is 0 Å². The summed E-state index contributed by atoms with van der Waals surface area (Å²) in [6, 6.07) is 11.7. The van der Waals surface area contributed by atoms with Crippen molar-refractivity contribution in [2.75, 3.05) is 18.4 Å². The second kappa shape index (κ2) is 6.71. The fourth-order valence-electron chi connectivity index (χ4n) is 2.86. The number of anilines is 1. The summed E-state index contributed by atoms with van der Waals surface area (Å²) in [6.45, 7) is 4.11. The normalized spacial score (nSPS) is 17.4. The van der Waals surface area contributed by atoms with Crippen molar-refractivity contribution in [1.29, 1.82) is 0 Å². The number of benzene rings is 1. The molecule has 4 nitrogen and oxygen atoms in total. The zero-order chi connectivity index (χ0) is 15.4. The van der Waals surface area contributed by atoms with E-state index in [1.807, 2.05) is 37.3 Å². The molecule has 0 saturated carbocycles. The minimum atomic E-state index is -0.104. The summed E-state index contributed by atoms with van der Waals surface area (Å²) in [5.74, 6) is 1.20. The summed E-state index contributed by atoms with van der Waals surface area (Å²) in [4.78, 5) is 16.6. The second-order valence-corrected chi connectivity index (χ2v) is 5.89. The van der Waals surface area contributed by atoms with E-state index < -0.39 is 0 Å². The third-order valence-corrected chi connectivity index (χ3v) is 4.12. The highest BCUT2D eigenvalue weighted by atomic mass is 16.1. The molecule has 4 heteroatoms. The van der Waals surface area contributed by atoms with Gasteiger partial charge >= 0.3 is 0 Å². The first-order chi connectivity index (χ1) is 10.7. The zero-order valence-electron chi connectivity index (χ0n) is 12.8. The van der Waals surface area contributed by atoms with E-state index in [2.05, 4.69) is 21.7 Å². The number of rotatable bonds is 4. The average Bonchev–Trinajstić information content (AvgIpc) is 3.03. The fraction of sp³-hybridized carbons (Fsp3) is 0.333. The number of nitrogens with one attached hydrogen (secondary N) is 2. The van der Waals surface area contributed by atoms with Gasteiger partial charge in [-0.15, -0.1) is 0 Å². The minimum Gasteiger partial charge on any atom is -0.316 e. The molecule has 22 heavy (non-hydrogen) atoms. The van der Waals surface area contributed by atoms with Gasteiger partial charge < -0.3 is 10.6 Å². The maximum atomic E-state index is 12.4. The van der Waals surface area contributed by atoms with Gasteiger partial charge in [0.15, 0.2) is 0 Å². The van der Waals surface area contributed by atoms with Gasteiger partial charge in [0.05, 0.1) is 0 Å². The van der Waals surface area contributed by atoms with Crippen LogP contribution in [0.15, 0.2) is 42.6 Å². The second-order valence-electron chi connectivity index (χ2n) is 5.89. The minimum absolute atomic E-state index is 0.104. The Hall–Kier alpha value is -2.20. The van der Waals surface area contributed by atoms with Crippen LogP contribution in [-0.2, 0) is 6.42 Å². The first-order valence-corrected chi connectivity index (χ1v) is 7.75. The molecule has 1 saturated heterocycles. The number of nitrogens with zero attached hydrogens (tertiary/aromatic N) is 1. The van der Waals surface area contributed by atoms with Crippen LogP contribution in [0.4, 0.5) is 5.82 Å². The number of carbonyl (C=O) groups excluding carboxylic acids is 1. The molecule has 0 spiro atoms. The first-order valence-electron chi connectivity index (χ1n) is 7.75. The lowest BCUT2D eigenvalue weighted by Crippen LogP contribution is -2.15. The van der Waals surface area contributed by atoms with Crippen molar-refractivity contribution in [3.05, 3.63) is 59.3 Å². The average molecular weight is 295 g/mol. The van der Waals surface area contributed by atoms with Gasteiger partial charge in [-0.25, -0.2) is 4.98 Å². The highest BCUT2D eigenvalue weighted by Crippen LogP contribution is 2.17. The van der Waals surface area contributed by atoms with Crippen LogP contribution in [0.2, 0.25) is 0 Å². The van der Waals surface area contributed by atoms with Gasteiger partial charge in [-0.3, -0.25) is 4.79 Å². The lowest BCUT2D eigenvalue weighted by molar-refractivity contribution is 0.102. The monoisotopic (exact) mass is 295 g/mol. The molecule has 1 fully saturated rings. The number of aromatic nitrogens is 1. The highest BCUT2D eigenvalue weighted by molar-refractivity contribution is 6.04. The summed E-state index contributed by atoms with van der Waals surface area (Å²) in [7, 11) is 0. The summed E-state index contributed by atoms with van der Waals surface area (Å²) in [5.41, 5.74) is 2.87. The maximum absolute atomic E-state index is 12.4. The molecule has 1 aliphatic rings. The number of pyridine rings is 1. The van der Waals surface area contributed by atoms with E-state index in [-0.39, 0.29) is 5.91 Å². The van der Waals surface area contributed by atoms with Crippen LogP contribution in [0, 0.1) is 12.8 Å². The highest BCUT2D eigenvalue weighted by Gasteiger charge is 2.16. The van der Waals surface area contributed by atoms with Crippen LogP contribution in [0.3, 0.4) is 0 Å². The maximum Gasteiger partial charge on any atom is 0.256 e. The number of amides is 1. The van der Waals surface area contributed by atoms with E-state index >= 15 is 0 Å². The molecule has 2 heterocycles. The Balaban J connectivity index is 1.71. The molecule has 114 valence electrons. The molecule has 1 unspecified atom stereocenters. The number of hydrogen-bond acceptors (Lipinski definition) is 3. The van der Waals surface area contributed by atoms with Crippen LogP contribution < -0.4 is 10.6 Å². The quantitative estimate of drug-likeness (QED) is 0.912. The molecule has 1 aliphatic heterocycles. The van der Waals surface area contributed by atoms with Gasteiger partial charge in [0.25, 0.3) is 5.91 Å². The third-order valence-electron chi connectivity index (χ3n) is 4.12. The first kappa shape index (κ1) is 14.7. The van der Waals surface area contributed by atoms with Crippen molar-refractivity contribution in [2.45, 2.75) is 19.8 Å². The number of carbonyl (C=O) groups is 1. The van der Waals surface area contributed by atoms with Crippen molar-refractivity contribution in [2.24, 2.45) is 5.92 Å². The molecule has 1 aromatic carbocycles. The van der Waals surface area contributed by atoms with Crippen LogP contribution in [0.5, 0.6) is 0 Å². The third kappa shape index (κ3) is 3.52. The Kier molecular flexibility index (Phi) is 4.49. The molecule has 2 N–H and O–H groups in total. The van der Waals surface area contributed by atoms with Gasteiger partial charge in [-0.1, -0.05) is 18.2 Å². The lowest BCUT2D eigenvalue weighted by Gasteiger charge is -2.10. The molecule has 0 radical (unpaired) electrons. The fourth-order valence-corrected chi connectivity index (χ4v) is 2.86. The summed E-state index contributed by atoms with van der Waals surface area (Å²) >= 11 is 0. The van der Waals surface area contributed by atoms with Crippen molar-refractivity contribution in [3.63, 3.8) is 0 Å². The van der Waals surface area contributed by atoms with Crippen molar-refractivity contribution in [1.82, 2.24) is 10.3 Å². The van der Waals surface area contributed by atoms with Gasteiger partial charge in [-0.05, 0) is 68.1 Å². The summed E-state index contributed by atoms with van der Waals surface area (Å²) in [6.07, 6.45) is 3.92. The molecule has 0 aliphatic carbocycles. The lowest BCUT2D eigenvalue weighted by atomic mass is 9.97. The zero-order valence-corrected chi connectivity index (χ0v) is 12.8. The van der Waals surface area contributed by atoms with Crippen molar-refractivity contribution < 1.29 is 4.79 Å². The van der Waals surface area contributed by atoms with E-state index in [1.54, 1.807) is 6.20 Å². The van der Waals surface area contributed by atoms with E-state index in [4.69, 9.17) is 0 Å². The molecule has 3 rings (SSSR count). The van der Waals surface area contributed by atoms with E-state index in [9.17, 15) is 4.79 Å². The molecule has 0 bridgehead atoms. The van der Waals surface area contributed by atoms with Crippen LogP contribution in [0.25, 0.3) is 0 Å². The predicted molar refractivity (Wildman–Crippen MR) is 88.0 cm³/mol. The Morgan fingerprint density at radius 1 is 1.36 bits per heavy atom. The molecular weight excluding hydrogens is 274 g/mol. The Bertz CT molecular complexity index is 663. The van der Waals surface area contributed by atoms with E-state index in [0.717, 1.165) is 25.1 Å². The standard InChI is InChI=1S/C18H21N3O/c1-13-4-3-8-20-17(13)21-18(22)16-6-2-5-14(11-16)10-15-7-9-19-12-15/h2-6,8,11,15,19H,7,9-10,12H2,1H3,(H,20,21,22). The van der Waals surface area contributed by atoms with Crippen molar-refractivity contribution in [3.8, 4) is 0 Å². The molecule has 1 atom stereocenters. The molecule has 1 amide bonds. The Morgan fingerprint density at radius 3 is 3.05 bits per heavy atom. The number of aryl methyl sites for hydroxylation is 1. The van der Waals surface area contributed by atoms with Gasteiger partial charge in [0.1, 0.15) is 5.82 Å². The molecule has 2 aromatic rings. The van der Waals surface area contributed by atoms with E-state index in [1.165, 1.54) is 12.0 Å². The molecule has 1 aromatic heterocycles. The van der Waals surface area contributed by atoms with Gasteiger partial charge in [0.2, 0.25) is 0 Å². The smallest absolute Gasteiger partial charge is 0.256 e. The number of hydrogen-bond donors (Lipinski definition) is 2. The van der Waals surface area contributed by atoms with Crippen molar-refractivity contribution >= 4 is 11.7 Å². The topological polar surface area (TPSA) is 54.0 Å². The van der Waals surface area contributed by atoms with Crippen LogP contribution in [-0.4, -0.2) is 24.0 Å². The summed E-state index contributed by atoms with van der Waals surface area (Å²) < 4.78 is 0.